The minimum absolute atomic E-state index is 0.150. The summed E-state index contributed by atoms with van der Waals surface area (Å²) >= 11 is 0. The Kier molecular flexibility index (Phi) is 4.52. The number of carboxylic acids is 1. The number of rotatable bonds is 5. The van der Waals surface area contributed by atoms with Gasteiger partial charge in [-0.3, -0.25) is 9.97 Å². The molecule has 24 heavy (non-hydrogen) atoms. The first-order valence-corrected chi connectivity index (χ1v) is 7.44. The molecule has 0 unspecified atom stereocenters. The van der Waals surface area contributed by atoms with Crippen LogP contribution >= 0.6 is 0 Å². The van der Waals surface area contributed by atoms with E-state index in [0.717, 1.165) is 22.3 Å². The van der Waals surface area contributed by atoms with Gasteiger partial charge in [-0.1, -0.05) is 12.1 Å². The zero-order chi connectivity index (χ0) is 16.9. The van der Waals surface area contributed by atoms with Gasteiger partial charge in [-0.05, 0) is 36.8 Å². The minimum atomic E-state index is -1.01. The second-order valence-electron chi connectivity index (χ2n) is 5.42. The van der Waals surface area contributed by atoms with Crippen LogP contribution in [0.15, 0.2) is 61.2 Å². The predicted octanol–water partition coefficient (Wildman–Crippen LogP) is 3.73. The van der Waals surface area contributed by atoms with Crippen molar-refractivity contribution >= 4 is 5.97 Å². The molecule has 0 radical (unpaired) electrons. The third-order valence-corrected chi connectivity index (χ3v) is 3.55. The smallest absolute Gasteiger partial charge is 0.339 e. The Labute approximate surface area is 139 Å². The summed E-state index contributed by atoms with van der Waals surface area (Å²) in [6.07, 6.45) is 6.95. The highest BCUT2D eigenvalue weighted by molar-refractivity contribution is 5.90. The highest BCUT2D eigenvalue weighted by atomic mass is 16.5. The van der Waals surface area contributed by atoms with Crippen molar-refractivity contribution in [3.63, 3.8) is 0 Å². The van der Waals surface area contributed by atoms with Crippen molar-refractivity contribution in [2.24, 2.45) is 0 Å². The van der Waals surface area contributed by atoms with Crippen LogP contribution in [0.5, 0.6) is 5.75 Å². The summed E-state index contributed by atoms with van der Waals surface area (Å²) in [5.41, 5.74) is 3.85. The van der Waals surface area contributed by atoms with Crippen LogP contribution in [-0.2, 0) is 6.61 Å². The molecule has 0 atom stereocenters. The summed E-state index contributed by atoms with van der Waals surface area (Å²) in [6, 6.07) is 10.8. The standard InChI is InChI=1S/C19H16N2O3/c1-13-4-5-17(19(22)23)18(7-13)24-12-14-8-16(11-21-9-14)15-3-2-6-20-10-15/h2-11H,12H2,1H3,(H,22,23). The van der Waals surface area contributed by atoms with Gasteiger partial charge < -0.3 is 9.84 Å². The van der Waals surface area contributed by atoms with E-state index in [1.54, 1.807) is 43.0 Å². The molecule has 120 valence electrons. The highest BCUT2D eigenvalue weighted by Crippen LogP contribution is 2.23. The quantitative estimate of drug-likeness (QED) is 0.775. The number of aromatic carboxylic acids is 1. The molecular weight excluding hydrogens is 304 g/mol. The Morgan fingerprint density at radius 2 is 1.92 bits per heavy atom. The molecule has 0 saturated heterocycles. The van der Waals surface area contributed by atoms with E-state index in [2.05, 4.69) is 9.97 Å². The molecule has 0 aliphatic carbocycles. The zero-order valence-corrected chi connectivity index (χ0v) is 13.1. The number of ether oxygens (including phenoxy) is 1. The molecule has 0 saturated carbocycles. The van der Waals surface area contributed by atoms with E-state index in [1.807, 2.05) is 25.1 Å². The number of aryl methyl sites for hydroxylation is 1. The fourth-order valence-corrected chi connectivity index (χ4v) is 2.34. The Morgan fingerprint density at radius 3 is 2.67 bits per heavy atom. The fourth-order valence-electron chi connectivity index (χ4n) is 2.34. The lowest BCUT2D eigenvalue weighted by Crippen LogP contribution is -2.04. The van der Waals surface area contributed by atoms with E-state index < -0.39 is 5.97 Å². The SMILES string of the molecule is Cc1ccc(C(=O)O)c(OCc2cncc(-c3cccnc3)c2)c1. The van der Waals surface area contributed by atoms with Gasteiger partial charge in [0.05, 0.1) is 0 Å². The van der Waals surface area contributed by atoms with Crippen LogP contribution in [0.1, 0.15) is 21.5 Å². The largest absolute Gasteiger partial charge is 0.488 e. The summed E-state index contributed by atoms with van der Waals surface area (Å²) in [4.78, 5) is 19.6. The maximum atomic E-state index is 11.3. The van der Waals surface area contributed by atoms with Gasteiger partial charge in [-0.2, -0.15) is 0 Å². The molecule has 1 aromatic carbocycles. The fraction of sp³-hybridized carbons (Fsp3) is 0.105. The summed E-state index contributed by atoms with van der Waals surface area (Å²) < 4.78 is 5.72. The van der Waals surface area contributed by atoms with Crippen molar-refractivity contribution in [3.05, 3.63) is 77.9 Å². The maximum absolute atomic E-state index is 11.3. The Hall–Kier alpha value is -3.21. The number of carbonyl (C=O) groups is 1. The third-order valence-electron chi connectivity index (χ3n) is 3.55. The summed E-state index contributed by atoms with van der Waals surface area (Å²) in [5, 5.41) is 9.25. The Balaban J connectivity index is 1.81. The first kappa shape index (κ1) is 15.7. The maximum Gasteiger partial charge on any atom is 0.339 e. The third kappa shape index (κ3) is 3.57. The second kappa shape index (κ2) is 6.91. The molecule has 5 heteroatoms. The molecule has 2 aromatic heterocycles. The van der Waals surface area contributed by atoms with Crippen molar-refractivity contribution in [2.75, 3.05) is 0 Å². The van der Waals surface area contributed by atoms with E-state index in [-0.39, 0.29) is 12.2 Å². The molecule has 3 rings (SSSR count). The normalized spacial score (nSPS) is 10.4. The van der Waals surface area contributed by atoms with E-state index >= 15 is 0 Å². The monoisotopic (exact) mass is 320 g/mol. The van der Waals surface area contributed by atoms with Crippen LogP contribution in [0.4, 0.5) is 0 Å². The molecule has 5 nitrogen and oxygen atoms in total. The summed E-state index contributed by atoms with van der Waals surface area (Å²) in [7, 11) is 0. The van der Waals surface area contributed by atoms with E-state index in [0.29, 0.717) is 5.75 Å². The van der Waals surface area contributed by atoms with Crippen molar-refractivity contribution in [1.82, 2.24) is 9.97 Å². The number of pyridine rings is 2. The van der Waals surface area contributed by atoms with Crippen LogP contribution in [0.2, 0.25) is 0 Å². The first-order chi connectivity index (χ1) is 11.6. The van der Waals surface area contributed by atoms with Crippen LogP contribution in [0.3, 0.4) is 0 Å². The molecule has 3 aromatic rings. The van der Waals surface area contributed by atoms with E-state index in [4.69, 9.17) is 4.74 Å². The molecule has 1 N–H and O–H groups in total. The lowest BCUT2D eigenvalue weighted by Gasteiger charge is -2.11. The molecule has 2 heterocycles. The van der Waals surface area contributed by atoms with Crippen molar-refractivity contribution in [2.45, 2.75) is 13.5 Å². The van der Waals surface area contributed by atoms with Gasteiger partial charge in [0.15, 0.2) is 0 Å². The van der Waals surface area contributed by atoms with Crippen molar-refractivity contribution in [3.8, 4) is 16.9 Å². The number of hydrogen-bond acceptors (Lipinski definition) is 4. The van der Waals surface area contributed by atoms with E-state index in [1.165, 1.54) is 0 Å². The molecule has 0 aliphatic heterocycles. The first-order valence-electron chi connectivity index (χ1n) is 7.44. The van der Waals surface area contributed by atoms with Crippen LogP contribution in [0.25, 0.3) is 11.1 Å². The lowest BCUT2D eigenvalue weighted by molar-refractivity contribution is 0.0691. The molecule has 0 amide bonds. The average molecular weight is 320 g/mol. The van der Waals surface area contributed by atoms with Gasteiger partial charge >= 0.3 is 5.97 Å². The van der Waals surface area contributed by atoms with Gasteiger partial charge in [-0.25, -0.2) is 4.79 Å². The van der Waals surface area contributed by atoms with E-state index in [9.17, 15) is 9.90 Å². The molecule has 0 spiro atoms. The zero-order valence-electron chi connectivity index (χ0n) is 13.1. The van der Waals surface area contributed by atoms with Gasteiger partial charge in [-0.15, -0.1) is 0 Å². The van der Waals surface area contributed by atoms with Crippen LogP contribution in [0, 0.1) is 6.92 Å². The molecule has 0 fully saturated rings. The Morgan fingerprint density at radius 1 is 1.08 bits per heavy atom. The molecular formula is C19H16N2O3. The molecule has 0 bridgehead atoms. The predicted molar refractivity (Wildman–Crippen MR) is 89.9 cm³/mol. The Bertz CT molecular complexity index is 863. The van der Waals surface area contributed by atoms with Crippen molar-refractivity contribution in [1.29, 1.82) is 0 Å². The highest BCUT2D eigenvalue weighted by Gasteiger charge is 2.11. The summed E-state index contributed by atoms with van der Waals surface area (Å²) in [5.74, 6) is -0.651. The van der Waals surface area contributed by atoms with Gasteiger partial charge in [0, 0.05) is 41.5 Å². The number of nitrogens with zero attached hydrogens (tertiary/aromatic N) is 2. The number of aromatic nitrogens is 2. The number of hydrogen-bond donors (Lipinski definition) is 1. The van der Waals surface area contributed by atoms with Crippen LogP contribution in [-0.4, -0.2) is 21.0 Å². The molecule has 0 aliphatic rings. The number of benzene rings is 1. The average Bonchev–Trinajstić information content (AvgIpc) is 2.61. The second-order valence-corrected chi connectivity index (χ2v) is 5.42. The summed E-state index contributed by atoms with van der Waals surface area (Å²) in [6.45, 7) is 2.13. The van der Waals surface area contributed by atoms with Gasteiger partial charge in [0.1, 0.15) is 17.9 Å². The lowest BCUT2D eigenvalue weighted by atomic mass is 10.1. The van der Waals surface area contributed by atoms with Crippen molar-refractivity contribution < 1.29 is 14.6 Å². The van der Waals surface area contributed by atoms with Gasteiger partial charge in [0.2, 0.25) is 0 Å². The minimum Gasteiger partial charge on any atom is -0.488 e. The van der Waals surface area contributed by atoms with Gasteiger partial charge in [0.25, 0.3) is 0 Å². The van der Waals surface area contributed by atoms with Crippen LogP contribution < -0.4 is 4.74 Å². The topological polar surface area (TPSA) is 72.3 Å². The number of carboxylic acid groups (broad SMARTS) is 1.